The lowest BCUT2D eigenvalue weighted by Gasteiger charge is -2.26. The summed E-state index contributed by atoms with van der Waals surface area (Å²) in [6, 6.07) is 4.10. The average Bonchev–Trinajstić information content (AvgIpc) is 2.48. The highest BCUT2D eigenvalue weighted by Gasteiger charge is 2.20. The molecule has 0 aliphatic carbocycles. The molecule has 1 aromatic rings. The van der Waals surface area contributed by atoms with Crippen LogP contribution < -0.4 is 5.32 Å². The van der Waals surface area contributed by atoms with Gasteiger partial charge in [0.05, 0.1) is 4.92 Å². The largest absolute Gasteiger partial charge is 0.477 e. The van der Waals surface area contributed by atoms with Gasteiger partial charge in [-0.25, -0.2) is 4.79 Å². The molecule has 0 radical (unpaired) electrons. The van der Waals surface area contributed by atoms with Gasteiger partial charge in [-0.15, -0.1) is 0 Å². The van der Waals surface area contributed by atoms with Crippen LogP contribution in [0.3, 0.4) is 0 Å². The highest BCUT2D eigenvalue weighted by Crippen LogP contribution is 2.23. The lowest BCUT2D eigenvalue weighted by Crippen LogP contribution is -2.36. The van der Waals surface area contributed by atoms with Crippen LogP contribution in [0.5, 0.6) is 0 Å². The van der Waals surface area contributed by atoms with Crippen molar-refractivity contribution in [2.45, 2.75) is 0 Å². The Morgan fingerprint density at radius 2 is 2.14 bits per heavy atom. The van der Waals surface area contributed by atoms with E-state index in [4.69, 9.17) is 5.11 Å². The third-order valence-corrected chi connectivity index (χ3v) is 4.23. The Morgan fingerprint density at radius 1 is 1.43 bits per heavy atom. The Bertz CT molecular complexity index is 532. The van der Waals surface area contributed by atoms with Crippen molar-refractivity contribution in [3.63, 3.8) is 0 Å². The second-order valence-corrected chi connectivity index (χ2v) is 5.90. The Hall–Kier alpha value is -1.80. The number of hydrogen-bond donors (Lipinski definition) is 2. The first-order chi connectivity index (χ1) is 10.1. The van der Waals surface area contributed by atoms with Gasteiger partial charge in [0, 0.05) is 49.4 Å². The molecule has 8 heteroatoms. The maximum Gasteiger partial charge on any atom is 0.342 e. The molecular formula is C13H17N3O4S. The van der Waals surface area contributed by atoms with Crippen LogP contribution in [0, 0.1) is 10.1 Å². The van der Waals surface area contributed by atoms with Crippen LogP contribution in [0.1, 0.15) is 10.4 Å². The molecule has 2 N–H and O–H groups in total. The fourth-order valence-electron chi connectivity index (χ4n) is 2.16. The van der Waals surface area contributed by atoms with E-state index in [0.717, 1.165) is 31.1 Å². The van der Waals surface area contributed by atoms with E-state index in [1.165, 1.54) is 12.1 Å². The standard InChI is InChI=1S/C13H17N3O4S/c17-13(18)11-2-1-10(9-12(11)16(19)20)14-3-4-15-5-7-21-8-6-15/h1-2,9,14H,3-8H2,(H,17,18). The van der Waals surface area contributed by atoms with Crippen LogP contribution in [0.15, 0.2) is 18.2 Å². The van der Waals surface area contributed by atoms with E-state index in [1.807, 2.05) is 11.8 Å². The number of benzene rings is 1. The summed E-state index contributed by atoms with van der Waals surface area (Å²) in [6.07, 6.45) is 0. The van der Waals surface area contributed by atoms with Gasteiger partial charge in [0.2, 0.25) is 0 Å². The first kappa shape index (κ1) is 15.6. The number of thioether (sulfide) groups is 1. The predicted molar refractivity (Wildman–Crippen MR) is 82.3 cm³/mol. The Kier molecular flexibility index (Phi) is 5.40. The highest BCUT2D eigenvalue weighted by molar-refractivity contribution is 7.99. The first-order valence-electron chi connectivity index (χ1n) is 6.63. The van der Waals surface area contributed by atoms with Gasteiger partial charge in [-0.3, -0.25) is 15.0 Å². The van der Waals surface area contributed by atoms with Crippen LogP contribution in [-0.4, -0.2) is 58.6 Å². The zero-order valence-electron chi connectivity index (χ0n) is 11.4. The van der Waals surface area contributed by atoms with Crippen molar-refractivity contribution in [2.75, 3.05) is 43.0 Å². The van der Waals surface area contributed by atoms with E-state index in [9.17, 15) is 14.9 Å². The molecule has 0 unspecified atom stereocenters. The van der Waals surface area contributed by atoms with Crippen LogP contribution in [0.2, 0.25) is 0 Å². The van der Waals surface area contributed by atoms with Gasteiger partial charge < -0.3 is 10.4 Å². The minimum atomic E-state index is -1.29. The van der Waals surface area contributed by atoms with Gasteiger partial charge in [-0.1, -0.05) is 0 Å². The number of carboxylic acid groups (broad SMARTS) is 1. The van der Waals surface area contributed by atoms with Crippen molar-refractivity contribution in [3.8, 4) is 0 Å². The summed E-state index contributed by atoms with van der Waals surface area (Å²) in [7, 11) is 0. The van der Waals surface area contributed by atoms with Crippen LogP contribution >= 0.6 is 11.8 Å². The summed E-state index contributed by atoms with van der Waals surface area (Å²) in [4.78, 5) is 23.5. The average molecular weight is 311 g/mol. The lowest BCUT2D eigenvalue weighted by atomic mass is 10.1. The summed E-state index contributed by atoms with van der Waals surface area (Å²) in [6.45, 7) is 3.66. The van der Waals surface area contributed by atoms with E-state index in [0.29, 0.717) is 12.2 Å². The number of nitro benzene ring substituents is 1. The molecule has 0 spiro atoms. The summed E-state index contributed by atoms with van der Waals surface area (Å²) < 4.78 is 0. The molecule has 2 rings (SSSR count). The summed E-state index contributed by atoms with van der Waals surface area (Å²) >= 11 is 1.95. The second-order valence-electron chi connectivity index (χ2n) is 4.67. The summed E-state index contributed by atoms with van der Waals surface area (Å²) in [5.41, 5.74) is -0.112. The SMILES string of the molecule is O=C(O)c1ccc(NCCN2CCSCC2)cc1[N+](=O)[O-]. The zero-order valence-corrected chi connectivity index (χ0v) is 12.3. The molecular weight excluding hydrogens is 294 g/mol. The quantitative estimate of drug-likeness (QED) is 0.610. The first-order valence-corrected chi connectivity index (χ1v) is 7.79. The number of rotatable bonds is 6. The number of carbonyl (C=O) groups is 1. The second kappa shape index (κ2) is 7.28. The fourth-order valence-corrected chi connectivity index (χ4v) is 3.14. The number of hydrogen-bond acceptors (Lipinski definition) is 6. The number of nitrogens with one attached hydrogen (secondary N) is 1. The van der Waals surface area contributed by atoms with E-state index < -0.39 is 10.9 Å². The molecule has 1 aliphatic rings. The molecule has 0 atom stereocenters. The molecule has 1 fully saturated rings. The van der Waals surface area contributed by atoms with Crippen LogP contribution in [-0.2, 0) is 0 Å². The van der Waals surface area contributed by atoms with E-state index in [1.54, 1.807) is 6.07 Å². The maximum atomic E-state index is 10.9. The van der Waals surface area contributed by atoms with Gasteiger partial charge in [0.25, 0.3) is 5.69 Å². The minimum Gasteiger partial charge on any atom is -0.477 e. The van der Waals surface area contributed by atoms with Crippen molar-refractivity contribution in [1.29, 1.82) is 0 Å². The topological polar surface area (TPSA) is 95.7 Å². The van der Waals surface area contributed by atoms with Crippen LogP contribution in [0.25, 0.3) is 0 Å². The van der Waals surface area contributed by atoms with Crippen LogP contribution in [0.4, 0.5) is 11.4 Å². The van der Waals surface area contributed by atoms with Gasteiger partial charge >= 0.3 is 5.97 Å². The fraction of sp³-hybridized carbons (Fsp3) is 0.462. The monoisotopic (exact) mass is 311 g/mol. The van der Waals surface area contributed by atoms with Crippen molar-refractivity contribution in [2.24, 2.45) is 0 Å². The molecule has 0 saturated carbocycles. The molecule has 1 saturated heterocycles. The van der Waals surface area contributed by atoms with Crippen molar-refractivity contribution in [3.05, 3.63) is 33.9 Å². The molecule has 0 aromatic heterocycles. The maximum absolute atomic E-state index is 10.9. The third-order valence-electron chi connectivity index (χ3n) is 3.29. The van der Waals surface area contributed by atoms with Crippen molar-refractivity contribution in [1.82, 2.24) is 4.90 Å². The summed E-state index contributed by atoms with van der Waals surface area (Å²) in [5, 5.41) is 22.9. The van der Waals surface area contributed by atoms with Gasteiger partial charge in [0.15, 0.2) is 0 Å². The minimum absolute atomic E-state index is 0.293. The lowest BCUT2D eigenvalue weighted by molar-refractivity contribution is -0.385. The Balaban J connectivity index is 1.95. The molecule has 7 nitrogen and oxygen atoms in total. The van der Waals surface area contributed by atoms with E-state index in [-0.39, 0.29) is 11.3 Å². The van der Waals surface area contributed by atoms with Crippen molar-refractivity contribution < 1.29 is 14.8 Å². The Labute approximate surface area is 126 Å². The normalized spacial score (nSPS) is 15.6. The number of nitro groups is 1. The highest BCUT2D eigenvalue weighted by atomic mass is 32.2. The predicted octanol–water partition coefficient (Wildman–Crippen LogP) is 1.75. The van der Waals surface area contributed by atoms with Gasteiger partial charge in [0.1, 0.15) is 5.56 Å². The molecule has 1 aliphatic heterocycles. The Morgan fingerprint density at radius 3 is 2.76 bits per heavy atom. The van der Waals surface area contributed by atoms with Gasteiger partial charge in [-0.2, -0.15) is 11.8 Å². The smallest absolute Gasteiger partial charge is 0.342 e. The van der Waals surface area contributed by atoms with Crippen molar-refractivity contribution >= 4 is 29.1 Å². The third kappa shape index (κ3) is 4.33. The molecule has 1 heterocycles. The van der Waals surface area contributed by atoms with Gasteiger partial charge in [-0.05, 0) is 12.1 Å². The molecule has 0 bridgehead atoms. The number of carboxylic acids is 1. The molecule has 1 aromatic carbocycles. The molecule has 21 heavy (non-hydrogen) atoms. The molecule has 0 amide bonds. The van der Waals surface area contributed by atoms with E-state index >= 15 is 0 Å². The van der Waals surface area contributed by atoms with E-state index in [2.05, 4.69) is 10.2 Å². The number of anilines is 1. The summed E-state index contributed by atoms with van der Waals surface area (Å²) in [5.74, 6) is 0.983. The number of nitrogens with zero attached hydrogens (tertiary/aromatic N) is 2. The molecule has 114 valence electrons. The zero-order chi connectivity index (χ0) is 15.2. The number of aromatic carboxylic acids is 1.